The molecule has 0 bridgehead atoms. The van der Waals surface area contributed by atoms with E-state index >= 15 is 0 Å². The maximum absolute atomic E-state index is 9.34. The van der Waals surface area contributed by atoms with E-state index in [4.69, 9.17) is 5.11 Å². The van der Waals surface area contributed by atoms with Crippen molar-refractivity contribution in [2.24, 2.45) is 0 Å². The molecule has 0 aliphatic heterocycles. The van der Waals surface area contributed by atoms with Gasteiger partial charge in [0.15, 0.2) is 0 Å². The molecule has 1 rings (SSSR count). The Labute approximate surface area is 97.3 Å². The van der Waals surface area contributed by atoms with Gasteiger partial charge in [-0.25, -0.2) is 0 Å². The Balaban J connectivity index is 2.59. The molecule has 1 aromatic carbocycles. The number of anilines is 1. The third kappa shape index (κ3) is 3.83. The van der Waals surface area contributed by atoms with Crippen LogP contribution >= 0.6 is 0 Å². The molecule has 3 heteroatoms. The number of nitrogens with zero attached hydrogens (tertiary/aromatic N) is 1. The van der Waals surface area contributed by atoms with Crippen LogP contribution in [0.25, 0.3) is 0 Å². The van der Waals surface area contributed by atoms with Crippen molar-refractivity contribution in [3.05, 3.63) is 29.8 Å². The molecular weight excluding hydrogens is 202 g/mol. The number of aryl methyl sites for hydroxylation is 1. The zero-order chi connectivity index (χ0) is 12.0. The Morgan fingerprint density at radius 2 is 1.88 bits per heavy atom. The summed E-state index contributed by atoms with van der Waals surface area (Å²) in [5.74, 6) is 0. The molecule has 0 spiro atoms. The van der Waals surface area contributed by atoms with Crippen molar-refractivity contribution in [1.29, 1.82) is 0 Å². The molecule has 0 aliphatic rings. The predicted molar refractivity (Wildman–Crippen MR) is 66.8 cm³/mol. The van der Waals surface area contributed by atoms with E-state index in [0.717, 1.165) is 18.5 Å². The third-order valence-corrected chi connectivity index (χ3v) is 2.61. The summed E-state index contributed by atoms with van der Waals surface area (Å²) in [6.45, 7) is 2.42. The van der Waals surface area contributed by atoms with E-state index in [1.165, 1.54) is 5.56 Å². The summed E-state index contributed by atoms with van der Waals surface area (Å²) in [4.78, 5) is 1.94. The van der Waals surface area contributed by atoms with Gasteiger partial charge in [0.25, 0.3) is 0 Å². The molecular formula is C13H21NO2. The van der Waals surface area contributed by atoms with Crippen LogP contribution in [0.3, 0.4) is 0 Å². The van der Waals surface area contributed by atoms with Gasteiger partial charge >= 0.3 is 0 Å². The van der Waals surface area contributed by atoms with Crippen molar-refractivity contribution >= 4 is 5.69 Å². The minimum atomic E-state index is -0.680. The highest BCUT2D eigenvalue weighted by Crippen LogP contribution is 2.14. The van der Waals surface area contributed by atoms with Crippen LogP contribution < -0.4 is 4.90 Å². The molecule has 1 unspecified atom stereocenters. The number of benzene rings is 1. The van der Waals surface area contributed by atoms with E-state index in [1.54, 1.807) is 0 Å². The lowest BCUT2D eigenvalue weighted by molar-refractivity contribution is 0.101. The Bertz CT molecular complexity index is 297. The van der Waals surface area contributed by atoms with Crippen LogP contribution in [0, 0.1) is 0 Å². The zero-order valence-corrected chi connectivity index (χ0v) is 10.1. The van der Waals surface area contributed by atoms with Crippen LogP contribution in [-0.2, 0) is 6.42 Å². The summed E-state index contributed by atoms with van der Waals surface area (Å²) in [7, 11) is 1.91. The van der Waals surface area contributed by atoms with Crippen LogP contribution in [0.15, 0.2) is 24.3 Å². The fourth-order valence-electron chi connectivity index (χ4n) is 1.69. The number of hydrogen-bond acceptors (Lipinski definition) is 3. The quantitative estimate of drug-likeness (QED) is 0.766. The fraction of sp³-hybridized carbons (Fsp3) is 0.538. The standard InChI is InChI=1S/C13H21NO2/c1-3-4-11-5-7-12(8-6-11)14(2)9-13(16)10-15/h5-8,13,15-16H,3-4,9-10H2,1-2H3. The van der Waals surface area contributed by atoms with Gasteiger partial charge in [0.2, 0.25) is 0 Å². The number of likely N-dealkylation sites (N-methyl/N-ethyl adjacent to an activating group) is 1. The molecule has 2 N–H and O–H groups in total. The maximum atomic E-state index is 9.34. The Morgan fingerprint density at radius 1 is 1.25 bits per heavy atom. The second-order valence-corrected chi connectivity index (χ2v) is 4.13. The largest absolute Gasteiger partial charge is 0.394 e. The minimum Gasteiger partial charge on any atom is -0.394 e. The molecule has 0 aliphatic carbocycles. The van der Waals surface area contributed by atoms with Gasteiger partial charge in [0, 0.05) is 19.3 Å². The molecule has 3 nitrogen and oxygen atoms in total. The lowest BCUT2D eigenvalue weighted by Crippen LogP contribution is -2.31. The Morgan fingerprint density at radius 3 is 2.38 bits per heavy atom. The fourth-order valence-corrected chi connectivity index (χ4v) is 1.69. The van der Waals surface area contributed by atoms with Gasteiger partial charge in [0.05, 0.1) is 12.7 Å². The maximum Gasteiger partial charge on any atom is 0.0945 e. The summed E-state index contributed by atoms with van der Waals surface area (Å²) in [6, 6.07) is 8.32. The first-order chi connectivity index (χ1) is 7.67. The van der Waals surface area contributed by atoms with Crippen LogP contribution in [0.4, 0.5) is 5.69 Å². The first-order valence-corrected chi connectivity index (χ1v) is 5.76. The smallest absolute Gasteiger partial charge is 0.0945 e. The molecule has 1 aromatic rings. The van der Waals surface area contributed by atoms with E-state index < -0.39 is 6.10 Å². The van der Waals surface area contributed by atoms with Crippen LogP contribution in [0.5, 0.6) is 0 Å². The first kappa shape index (κ1) is 13.0. The van der Waals surface area contributed by atoms with Gasteiger partial charge in [-0.1, -0.05) is 25.5 Å². The van der Waals surface area contributed by atoms with Crippen molar-refractivity contribution in [1.82, 2.24) is 0 Å². The molecule has 0 saturated carbocycles. The number of hydrogen-bond donors (Lipinski definition) is 2. The van der Waals surface area contributed by atoms with Gasteiger partial charge in [-0.15, -0.1) is 0 Å². The highest BCUT2D eigenvalue weighted by Gasteiger charge is 2.07. The van der Waals surface area contributed by atoms with E-state index in [2.05, 4.69) is 31.2 Å². The van der Waals surface area contributed by atoms with E-state index in [1.807, 2.05) is 11.9 Å². The molecule has 16 heavy (non-hydrogen) atoms. The average molecular weight is 223 g/mol. The second-order valence-electron chi connectivity index (χ2n) is 4.13. The summed E-state index contributed by atoms with van der Waals surface area (Å²) in [5.41, 5.74) is 2.40. The monoisotopic (exact) mass is 223 g/mol. The lowest BCUT2D eigenvalue weighted by atomic mass is 10.1. The first-order valence-electron chi connectivity index (χ1n) is 5.76. The lowest BCUT2D eigenvalue weighted by Gasteiger charge is -2.21. The molecule has 0 heterocycles. The average Bonchev–Trinajstić information content (AvgIpc) is 2.30. The number of rotatable bonds is 6. The van der Waals surface area contributed by atoms with Gasteiger partial charge in [-0.2, -0.15) is 0 Å². The topological polar surface area (TPSA) is 43.7 Å². The van der Waals surface area contributed by atoms with Gasteiger partial charge in [-0.3, -0.25) is 0 Å². The third-order valence-electron chi connectivity index (χ3n) is 2.61. The highest BCUT2D eigenvalue weighted by atomic mass is 16.3. The minimum absolute atomic E-state index is 0.196. The van der Waals surface area contributed by atoms with Gasteiger partial charge < -0.3 is 15.1 Å². The van der Waals surface area contributed by atoms with Crippen molar-refractivity contribution in [3.8, 4) is 0 Å². The van der Waals surface area contributed by atoms with E-state index in [0.29, 0.717) is 6.54 Å². The van der Waals surface area contributed by atoms with Crippen LogP contribution in [-0.4, -0.2) is 36.5 Å². The Hall–Kier alpha value is -1.06. The molecule has 0 radical (unpaired) electrons. The molecule has 0 saturated heterocycles. The molecule has 0 amide bonds. The van der Waals surface area contributed by atoms with Crippen LogP contribution in [0.1, 0.15) is 18.9 Å². The zero-order valence-electron chi connectivity index (χ0n) is 10.1. The predicted octanol–water partition coefficient (Wildman–Crippen LogP) is 1.43. The van der Waals surface area contributed by atoms with Crippen LogP contribution in [0.2, 0.25) is 0 Å². The number of aliphatic hydroxyl groups excluding tert-OH is 2. The van der Waals surface area contributed by atoms with Crippen molar-refractivity contribution in [2.45, 2.75) is 25.9 Å². The molecule has 90 valence electrons. The highest BCUT2D eigenvalue weighted by molar-refractivity contribution is 5.47. The number of aliphatic hydroxyl groups is 2. The van der Waals surface area contributed by atoms with Gasteiger partial charge in [-0.05, 0) is 24.1 Å². The SMILES string of the molecule is CCCc1ccc(N(C)CC(O)CO)cc1. The molecule has 1 atom stereocenters. The summed E-state index contributed by atoms with van der Waals surface area (Å²) in [5, 5.41) is 18.1. The summed E-state index contributed by atoms with van der Waals surface area (Å²) >= 11 is 0. The van der Waals surface area contributed by atoms with Crippen molar-refractivity contribution < 1.29 is 10.2 Å². The van der Waals surface area contributed by atoms with Gasteiger partial charge in [0.1, 0.15) is 0 Å². The van der Waals surface area contributed by atoms with E-state index in [9.17, 15) is 5.11 Å². The molecule has 0 fully saturated rings. The van der Waals surface area contributed by atoms with Crippen molar-refractivity contribution in [3.63, 3.8) is 0 Å². The summed E-state index contributed by atoms with van der Waals surface area (Å²) in [6.07, 6.45) is 1.57. The Kier molecular flexibility index (Phi) is 5.29. The summed E-state index contributed by atoms with van der Waals surface area (Å²) < 4.78 is 0. The normalized spacial score (nSPS) is 12.5. The van der Waals surface area contributed by atoms with E-state index in [-0.39, 0.29) is 6.61 Å². The molecule has 0 aromatic heterocycles. The second kappa shape index (κ2) is 6.51. The van der Waals surface area contributed by atoms with Crippen molar-refractivity contribution in [2.75, 3.05) is 25.1 Å².